The van der Waals surface area contributed by atoms with Crippen molar-refractivity contribution in [3.05, 3.63) is 17.3 Å². The summed E-state index contributed by atoms with van der Waals surface area (Å²) in [6, 6.07) is 1.66. The quantitative estimate of drug-likeness (QED) is 0.738. The Morgan fingerprint density at radius 2 is 2.00 bits per heavy atom. The number of hydrogen-bond donors (Lipinski definition) is 3. The second-order valence-corrected chi connectivity index (χ2v) is 5.50. The maximum absolute atomic E-state index is 10.5. The van der Waals surface area contributed by atoms with Crippen LogP contribution in [-0.4, -0.2) is 22.2 Å². The van der Waals surface area contributed by atoms with Crippen LogP contribution in [-0.2, 0) is 0 Å². The number of hydrogen-bond acceptors (Lipinski definition) is 4. The Kier molecular flexibility index (Phi) is 4.30. The van der Waals surface area contributed by atoms with E-state index >= 15 is 0 Å². The molecule has 4 nitrogen and oxygen atoms in total. The molecule has 0 atom stereocenters. The number of nitrogens with zero attached hydrogens (tertiary/aromatic N) is 1. The molecule has 18 heavy (non-hydrogen) atoms. The molecule has 1 aliphatic rings. The third-order valence-corrected chi connectivity index (χ3v) is 3.77. The molecule has 1 saturated carbocycles. The van der Waals surface area contributed by atoms with Crippen LogP contribution in [0.5, 0.6) is 0 Å². The van der Waals surface area contributed by atoms with Gasteiger partial charge in [0, 0.05) is 6.54 Å². The predicted molar refractivity (Wildman–Crippen MR) is 74.8 cm³/mol. The van der Waals surface area contributed by atoms with Gasteiger partial charge in [-0.3, -0.25) is 0 Å². The van der Waals surface area contributed by atoms with Crippen molar-refractivity contribution in [2.45, 2.75) is 44.1 Å². The average molecular weight is 270 g/mol. The van der Waals surface area contributed by atoms with Gasteiger partial charge in [0.15, 0.2) is 0 Å². The molecule has 2 rings (SSSR count). The summed E-state index contributed by atoms with van der Waals surface area (Å²) < 4.78 is 0. The Morgan fingerprint density at radius 1 is 1.33 bits per heavy atom. The second-order valence-electron chi connectivity index (χ2n) is 5.09. The first-order chi connectivity index (χ1) is 8.59. The van der Waals surface area contributed by atoms with Crippen molar-refractivity contribution in [3.63, 3.8) is 0 Å². The molecule has 0 unspecified atom stereocenters. The van der Waals surface area contributed by atoms with E-state index in [-0.39, 0.29) is 0 Å². The standard InChI is InChI=1S/C13H20ClN3O/c14-11-7-10(15)8-16-12(11)17-9-13(18)5-3-1-2-4-6-13/h7-8,18H,1-6,9,15H2,(H,16,17). The molecule has 5 heteroatoms. The predicted octanol–water partition coefficient (Wildman–Crippen LogP) is 2.81. The zero-order valence-electron chi connectivity index (χ0n) is 10.5. The number of rotatable bonds is 3. The fourth-order valence-corrected chi connectivity index (χ4v) is 2.64. The van der Waals surface area contributed by atoms with Crippen molar-refractivity contribution in [3.8, 4) is 0 Å². The minimum absolute atomic E-state index is 0.490. The number of anilines is 2. The maximum atomic E-state index is 10.5. The molecule has 1 fully saturated rings. The van der Waals surface area contributed by atoms with Gasteiger partial charge in [-0.05, 0) is 18.9 Å². The molecule has 1 aliphatic carbocycles. The van der Waals surface area contributed by atoms with Crippen LogP contribution in [0.15, 0.2) is 12.3 Å². The minimum Gasteiger partial charge on any atom is -0.397 e. The van der Waals surface area contributed by atoms with Crippen LogP contribution in [0.4, 0.5) is 11.5 Å². The highest BCUT2D eigenvalue weighted by molar-refractivity contribution is 6.33. The highest BCUT2D eigenvalue weighted by Crippen LogP contribution is 2.28. The smallest absolute Gasteiger partial charge is 0.145 e. The summed E-state index contributed by atoms with van der Waals surface area (Å²) >= 11 is 6.04. The van der Waals surface area contributed by atoms with Crippen molar-refractivity contribution in [1.82, 2.24) is 4.98 Å². The summed E-state index contributed by atoms with van der Waals surface area (Å²) in [5, 5.41) is 14.1. The first kappa shape index (κ1) is 13.4. The van der Waals surface area contributed by atoms with Gasteiger partial charge in [-0.25, -0.2) is 4.98 Å². The molecule has 0 aromatic carbocycles. The summed E-state index contributed by atoms with van der Waals surface area (Å²) in [5.41, 5.74) is 5.49. The highest BCUT2D eigenvalue weighted by atomic mass is 35.5. The largest absolute Gasteiger partial charge is 0.397 e. The molecule has 0 radical (unpaired) electrons. The number of aromatic nitrogens is 1. The Labute approximate surface area is 113 Å². The lowest BCUT2D eigenvalue weighted by atomic mass is 9.94. The van der Waals surface area contributed by atoms with Crippen LogP contribution in [0.1, 0.15) is 38.5 Å². The summed E-state index contributed by atoms with van der Waals surface area (Å²) in [7, 11) is 0. The minimum atomic E-state index is -0.636. The van der Waals surface area contributed by atoms with Crippen molar-refractivity contribution in [1.29, 1.82) is 0 Å². The van der Waals surface area contributed by atoms with Crippen LogP contribution >= 0.6 is 11.6 Å². The van der Waals surface area contributed by atoms with Gasteiger partial charge in [0.25, 0.3) is 0 Å². The Hall–Kier alpha value is -1.00. The molecule has 0 bridgehead atoms. The molecule has 0 saturated heterocycles. The van der Waals surface area contributed by atoms with E-state index in [1.54, 1.807) is 12.3 Å². The van der Waals surface area contributed by atoms with Crippen molar-refractivity contribution in [2.75, 3.05) is 17.6 Å². The number of nitrogen functional groups attached to an aromatic ring is 1. The summed E-state index contributed by atoms with van der Waals surface area (Å²) in [6.45, 7) is 0.490. The second kappa shape index (κ2) is 5.76. The lowest BCUT2D eigenvalue weighted by molar-refractivity contribution is 0.0380. The lowest BCUT2D eigenvalue weighted by Gasteiger charge is -2.27. The molecular formula is C13H20ClN3O. The Morgan fingerprint density at radius 3 is 2.61 bits per heavy atom. The molecule has 4 N–H and O–H groups in total. The summed E-state index contributed by atoms with van der Waals surface area (Å²) in [6.07, 6.45) is 7.83. The summed E-state index contributed by atoms with van der Waals surface area (Å²) in [5.74, 6) is 0.587. The van der Waals surface area contributed by atoms with Gasteiger partial charge in [0.1, 0.15) is 5.82 Å². The average Bonchev–Trinajstić information content (AvgIpc) is 2.54. The van der Waals surface area contributed by atoms with Gasteiger partial charge >= 0.3 is 0 Å². The van der Waals surface area contributed by atoms with Crippen LogP contribution < -0.4 is 11.1 Å². The van der Waals surface area contributed by atoms with Crippen LogP contribution in [0.3, 0.4) is 0 Å². The van der Waals surface area contributed by atoms with E-state index in [4.69, 9.17) is 17.3 Å². The monoisotopic (exact) mass is 269 g/mol. The normalized spacial score (nSPS) is 19.2. The van der Waals surface area contributed by atoms with Crippen molar-refractivity contribution in [2.24, 2.45) is 0 Å². The number of aliphatic hydroxyl groups is 1. The van der Waals surface area contributed by atoms with Gasteiger partial charge in [0.2, 0.25) is 0 Å². The van der Waals surface area contributed by atoms with E-state index in [0.29, 0.717) is 23.1 Å². The van der Waals surface area contributed by atoms with Gasteiger partial charge in [-0.15, -0.1) is 0 Å². The summed E-state index contributed by atoms with van der Waals surface area (Å²) in [4.78, 5) is 4.14. The molecule has 0 amide bonds. The van der Waals surface area contributed by atoms with Crippen LogP contribution in [0, 0.1) is 0 Å². The van der Waals surface area contributed by atoms with Gasteiger partial charge < -0.3 is 16.2 Å². The van der Waals surface area contributed by atoms with Gasteiger partial charge in [-0.2, -0.15) is 0 Å². The molecule has 0 spiro atoms. The van der Waals surface area contributed by atoms with E-state index in [0.717, 1.165) is 25.7 Å². The Balaban J connectivity index is 1.97. The molecule has 0 aliphatic heterocycles. The Bertz CT molecular complexity index is 403. The van der Waals surface area contributed by atoms with Crippen LogP contribution in [0.25, 0.3) is 0 Å². The van der Waals surface area contributed by atoms with Gasteiger partial charge in [-0.1, -0.05) is 37.3 Å². The number of pyridine rings is 1. The fraction of sp³-hybridized carbons (Fsp3) is 0.615. The third-order valence-electron chi connectivity index (χ3n) is 3.48. The van der Waals surface area contributed by atoms with Gasteiger partial charge in [0.05, 0.1) is 22.5 Å². The van der Waals surface area contributed by atoms with E-state index < -0.39 is 5.60 Å². The third kappa shape index (κ3) is 3.50. The number of nitrogens with two attached hydrogens (primary N) is 1. The van der Waals surface area contributed by atoms with Crippen molar-refractivity contribution < 1.29 is 5.11 Å². The SMILES string of the molecule is Nc1cnc(NCC2(O)CCCCCC2)c(Cl)c1. The maximum Gasteiger partial charge on any atom is 0.145 e. The van der Waals surface area contributed by atoms with E-state index in [1.165, 1.54) is 12.8 Å². The zero-order valence-corrected chi connectivity index (χ0v) is 11.2. The van der Waals surface area contributed by atoms with E-state index in [2.05, 4.69) is 10.3 Å². The molecule has 100 valence electrons. The first-order valence-electron chi connectivity index (χ1n) is 6.46. The topological polar surface area (TPSA) is 71.2 Å². The number of nitrogens with one attached hydrogen (secondary N) is 1. The van der Waals surface area contributed by atoms with Crippen LogP contribution in [0.2, 0.25) is 5.02 Å². The molecule has 1 aromatic heterocycles. The fourth-order valence-electron chi connectivity index (χ4n) is 2.39. The van der Waals surface area contributed by atoms with Crippen molar-refractivity contribution >= 4 is 23.1 Å². The molecule has 1 aromatic rings. The molecule has 1 heterocycles. The zero-order chi connectivity index (χ0) is 13.0. The van der Waals surface area contributed by atoms with E-state index in [1.807, 2.05) is 0 Å². The van der Waals surface area contributed by atoms with E-state index in [9.17, 15) is 5.11 Å². The number of halogens is 1. The lowest BCUT2D eigenvalue weighted by Crippen LogP contribution is -2.36. The molecular weight excluding hydrogens is 250 g/mol. The first-order valence-corrected chi connectivity index (χ1v) is 6.84. The highest BCUT2D eigenvalue weighted by Gasteiger charge is 2.27.